The van der Waals surface area contributed by atoms with E-state index >= 15 is 8.78 Å². The molecule has 1 fully saturated rings. The molecule has 5 aromatic rings. The second-order valence-electron chi connectivity index (χ2n) is 18.7. The summed E-state index contributed by atoms with van der Waals surface area (Å²) in [7, 11) is -13.6. The van der Waals surface area contributed by atoms with Crippen molar-refractivity contribution in [2.24, 2.45) is 5.92 Å². The van der Waals surface area contributed by atoms with E-state index in [2.05, 4.69) is 36.9 Å². The van der Waals surface area contributed by atoms with Crippen molar-refractivity contribution in [1.82, 2.24) is 29.9 Å². The molecule has 0 spiro atoms. The molecule has 3 atom stereocenters. The summed E-state index contributed by atoms with van der Waals surface area (Å²) in [6.45, 7) is -3.17. The maximum atomic E-state index is 15.6. The first-order valence-electron chi connectivity index (χ1n) is 23.2. The average Bonchev–Trinajstić information content (AvgIpc) is 3.82. The van der Waals surface area contributed by atoms with Crippen molar-refractivity contribution >= 4 is 68.0 Å². The molecule has 2 amide bonds. The number of sulfone groups is 1. The first kappa shape index (κ1) is 61.7. The summed E-state index contributed by atoms with van der Waals surface area (Å²) >= 11 is 6.64. The van der Waals surface area contributed by atoms with Gasteiger partial charge in [0.25, 0.3) is 5.92 Å². The van der Waals surface area contributed by atoms with Gasteiger partial charge in [0.1, 0.15) is 47.5 Å². The molecule has 2 aliphatic rings. The minimum absolute atomic E-state index is 0.117. The number of sulfonamides is 1. The van der Waals surface area contributed by atoms with Crippen LogP contribution in [0.15, 0.2) is 42.5 Å². The highest BCUT2D eigenvalue weighted by atomic mass is 35.5. The zero-order valence-electron chi connectivity index (χ0n) is 41.8. The lowest BCUT2D eigenvalue weighted by molar-refractivity contribution is -0.143. The van der Waals surface area contributed by atoms with Gasteiger partial charge in [0, 0.05) is 34.9 Å². The van der Waals surface area contributed by atoms with E-state index < -0.39 is 182 Å². The average molecular weight is 1220 g/mol. The van der Waals surface area contributed by atoms with Crippen LogP contribution in [0, 0.1) is 29.4 Å². The monoisotopic (exact) mass is 1220 g/mol. The second kappa shape index (κ2) is 22.8. The van der Waals surface area contributed by atoms with Crippen molar-refractivity contribution in [2.45, 2.75) is 74.8 Å². The van der Waals surface area contributed by atoms with E-state index in [0.29, 0.717) is 12.3 Å². The third kappa shape index (κ3) is 14.2. The molecule has 0 aliphatic heterocycles. The minimum atomic E-state index is -5.25. The molecule has 2 aliphatic carbocycles. The molecule has 3 N–H and O–H groups in total. The summed E-state index contributed by atoms with van der Waals surface area (Å²) in [6.07, 6.45) is -11.9. The number of phosphoric ester groups is 1. The van der Waals surface area contributed by atoms with Crippen LogP contribution in [0.3, 0.4) is 0 Å². The van der Waals surface area contributed by atoms with Gasteiger partial charge in [0.2, 0.25) is 15.9 Å². The van der Waals surface area contributed by atoms with Crippen molar-refractivity contribution in [3.8, 4) is 23.0 Å². The van der Waals surface area contributed by atoms with E-state index in [-0.39, 0.29) is 56.7 Å². The van der Waals surface area contributed by atoms with Crippen molar-refractivity contribution in [1.29, 1.82) is 0 Å². The second-order valence-corrected chi connectivity index (χ2v) is 24.7. The van der Waals surface area contributed by atoms with Crippen LogP contribution < -0.4 is 9.62 Å². The van der Waals surface area contributed by atoms with Gasteiger partial charge in [-0.1, -0.05) is 23.6 Å². The topological polar surface area (TPSA) is 261 Å². The number of carbonyl (C=O) groups excluding carboxylic acids is 2. The smallest absolute Gasteiger partial charge is 0.446 e. The van der Waals surface area contributed by atoms with E-state index in [1.165, 1.54) is 13.8 Å². The summed E-state index contributed by atoms with van der Waals surface area (Å²) in [6, 6.07) is 4.51. The Hall–Kier alpha value is -5.91. The summed E-state index contributed by atoms with van der Waals surface area (Å²) in [5.41, 5.74) is -6.24. The Morgan fingerprint density at radius 3 is 2.11 bits per heavy atom. The fourth-order valence-corrected chi connectivity index (χ4v) is 10.1. The lowest BCUT2D eigenvalue weighted by atomic mass is 9.93. The van der Waals surface area contributed by atoms with Gasteiger partial charge in [0.15, 0.2) is 21.3 Å². The molecular formula is C46H45ClF10N7O13PS2. The van der Waals surface area contributed by atoms with Crippen LogP contribution in [0.4, 0.5) is 54.5 Å². The predicted molar refractivity (Wildman–Crippen MR) is 261 cm³/mol. The molecule has 3 aromatic heterocycles. The van der Waals surface area contributed by atoms with Gasteiger partial charge in [-0.05, 0) is 74.4 Å². The Balaban J connectivity index is 1.36. The number of nitrogens with one attached hydrogen (secondary N) is 1. The summed E-state index contributed by atoms with van der Waals surface area (Å²) in [5.74, 6) is -6.31. The normalized spacial score (nSPS) is 16.7. The number of nitrogens with zero attached hydrogens (tertiary/aromatic N) is 6. The van der Waals surface area contributed by atoms with Crippen molar-refractivity contribution in [3.05, 3.63) is 93.0 Å². The number of pyridine rings is 1. The number of carbonyl (C=O) groups is 2. The number of benzene rings is 2. The van der Waals surface area contributed by atoms with Crippen LogP contribution in [0.1, 0.15) is 66.1 Å². The number of halogens is 11. The molecular weight excluding hydrogens is 1180 g/mol. The van der Waals surface area contributed by atoms with E-state index in [4.69, 9.17) is 35.6 Å². The summed E-state index contributed by atoms with van der Waals surface area (Å²) in [5, 5.41) is 8.45. The molecule has 7 rings (SSSR count). The van der Waals surface area contributed by atoms with Crippen LogP contribution in [0.25, 0.3) is 22.0 Å². The number of fused-ring (bicyclic) bond motifs is 4. The molecule has 0 saturated heterocycles. The van der Waals surface area contributed by atoms with Crippen LogP contribution in [-0.2, 0) is 79.6 Å². The number of rotatable bonds is 21. The number of aromatic nitrogens is 5. The first-order chi connectivity index (χ1) is 36.9. The number of anilines is 1. The lowest BCUT2D eigenvalue weighted by Crippen LogP contribution is -2.37. The Bertz CT molecular complexity index is 3570. The van der Waals surface area contributed by atoms with Gasteiger partial charge in [-0.2, -0.15) is 49.6 Å². The molecule has 1 saturated carbocycles. The van der Waals surface area contributed by atoms with Gasteiger partial charge < -0.3 is 29.3 Å². The van der Waals surface area contributed by atoms with Crippen LogP contribution in [0.5, 0.6) is 0 Å². The van der Waals surface area contributed by atoms with Crippen LogP contribution in [-0.4, -0.2) is 126 Å². The van der Waals surface area contributed by atoms with E-state index in [0.717, 1.165) is 42.7 Å². The van der Waals surface area contributed by atoms with Gasteiger partial charge in [-0.15, -0.1) is 0 Å². The van der Waals surface area contributed by atoms with Gasteiger partial charge in [0.05, 0.1) is 67.0 Å². The molecule has 34 heteroatoms. The predicted octanol–water partition coefficient (Wildman–Crippen LogP) is 7.34. The third-order valence-electron chi connectivity index (χ3n) is 12.3. The zero-order valence-corrected chi connectivity index (χ0v) is 45.1. The highest BCUT2D eigenvalue weighted by Crippen LogP contribution is 2.68. The molecule has 436 valence electrons. The van der Waals surface area contributed by atoms with Crippen molar-refractivity contribution < 1.29 is 103 Å². The van der Waals surface area contributed by atoms with Gasteiger partial charge >= 0.3 is 26.3 Å². The van der Waals surface area contributed by atoms with Crippen molar-refractivity contribution in [2.75, 3.05) is 56.5 Å². The summed E-state index contributed by atoms with van der Waals surface area (Å²) in [4.78, 5) is 49.9. The highest BCUT2D eigenvalue weighted by Gasteiger charge is 2.68. The van der Waals surface area contributed by atoms with Crippen LogP contribution >= 0.6 is 19.4 Å². The number of hydrogen-bond acceptors (Lipinski definition) is 14. The van der Waals surface area contributed by atoms with E-state index in [9.17, 15) is 66.1 Å². The highest BCUT2D eigenvalue weighted by molar-refractivity contribution is 7.93. The number of phosphoric acid groups is 1. The number of amides is 2. The fourth-order valence-electron chi connectivity index (χ4n) is 8.56. The third-order valence-corrected chi connectivity index (χ3v) is 16.1. The molecule has 80 heavy (non-hydrogen) atoms. The SMILES string of the molecule is CC(C)(C#Cc1ccc(-c2ccc(Cl)c3c(N(C(=O)OCCOCCOCCOP(=O)(O)O)S(C)(=O)=O)nn(CC(F)(F)F)c23)c([C@H](Cc2cc(F)cc(F)c2)NC(=O)Cn2nc(C(F)(F)F)c3c2C(F)(F)[C@@H]2C[C@H]32)n1)S(C)(=O)=O. The zero-order chi connectivity index (χ0) is 59.3. The Kier molecular flexibility index (Phi) is 17.6. The van der Waals surface area contributed by atoms with Crippen molar-refractivity contribution in [3.63, 3.8) is 0 Å². The number of ether oxygens (including phenoxy) is 3. The molecule has 0 bridgehead atoms. The minimum Gasteiger partial charge on any atom is -0.446 e. The van der Waals surface area contributed by atoms with Gasteiger partial charge in [-0.3, -0.25) is 18.7 Å². The molecule has 3 heterocycles. The first-order valence-corrected chi connectivity index (χ1v) is 28.9. The summed E-state index contributed by atoms with van der Waals surface area (Å²) < 4.78 is 229. The standard InChI is InChI=1S/C46H45ClF10N7O13PS2/c1-43(2,79(3,70)71)10-9-27-5-6-28(37(58-27)33(19-24-17-25(48)20-26(49)18-24)59-34(65)22-62-40-35(39(60-62)46(55,56)57)30-21-31(30)45(40,53)54)29-7-8-32(47)36-38(29)63(23-44(50,51)52)61-41(36)64(80(4,72)73)42(66)76-15-13-74-11-12-75-14-16-77-78(67,68)69/h5-8,17-18,20,30-31,33H,11-16,19,21-23H2,1-4H3,(H,59,65)(H2,67,68,69)/t30-,31+,33-/m0/s1. The maximum Gasteiger partial charge on any atom is 0.469 e. The lowest BCUT2D eigenvalue weighted by Gasteiger charge is -2.23. The van der Waals surface area contributed by atoms with E-state index in [1.54, 1.807) is 0 Å². The largest absolute Gasteiger partial charge is 0.469 e. The Morgan fingerprint density at radius 2 is 1.52 bits per heavy atom. The quantitative estimate of drug-likeness (QED) is 0.0281. The number of alkyl halides is 8. The molecule has 20 nitrogen and oxygen atoms in total. The van der Waals surface area contributed by atoms with Crippen LogP contribution in [0.2, 0.25) is 5.02 Å². The molecule has 2 aromatic carbocycles. The fraction of sp³-hybridized carbons (Fsp3) is 0.457. The molecule has 0 radical (unpaired) electrons. The number of hydrogen-bond donors (Lipinski definition) is 3. The van der Waals surface area contributed by atoms with Gasteiger partial charge in [-0.25, -0.2) is 40.0 Å². The maximum absolute atomic E-state index is 15.6. The molecule has 0 unspecified atom stereocenters. The van der Waals surface area contributed by atoms with E-state index in [1.807, 2.05) is 0 Å². The Labute approximate surface area is 452 Å². The Morgan fingerprint density at radius 1 is 0.912 bits per heavy atom.